The predicted octanol–water partition coefficient (Wildman–Crippen LogP) is 3.02. The van der Waals surface area contributed by atoms with Crippen molar-refractivity contribution in [2.24, 2.45) is 5.92 Å². The molecule has 1 aromatic carbocycles. The SMILES string of the molecule is O=C(O)c1ccc(C(=O)N2CCC(C(O)c3ccc(Cl)cc3)CC2)cn1. The molecule has 1 aliphatic rings. The van der Waals surface area contributed by atoms with E-state index < -0.39 is 12.1 Å². The molecule has 0 saturated carbocycles. The zero-order chi connectivity index (χ0) is 18.7. The number of nitrogens with zero attached hydrogens (tertiary/aromatic N) is 2. The summed E-state index contributed by atoms with van der Waals surface area (Å²) >= 11 is 5.88. The second kappa shape index (κ2) is 7.85. The van der Waals surface area contributed by atoms with Crippen LogP contribution in [0.1, 0.15) is 45.4 Å². The lowest BCUT2D eigenvalue weighted by Crippen LogP contribution is -2.39. The number of hydrogen-bond acceptors (Lipinski definition) is 4. The van der Waals surface area contributed by atoms with Crippen LogP contribution >= 0.6 is 11.6 Å². The van der Waals surface area contributed by atoms with Gasteiger partial charge in [0, 0.05) is 24.3 Å². The van der Waals surface area contributed by atoms with Crippen LogP contribution < -0.4 is 0 Å². The molecule has 0 bridgehead atoms. The molecule has 3 rings (SSSR count). The highest BCUT2D eigenvalue weighted by Crippen LogP contribution is 2.31. The Hall–Kier alpha value is -2.44. The summed E-state index contributed by atoms with van der Waals surface area (Å²) in [5.41, 5.74) is 1.10. The van der Waals surface area contributed by atoms with Crippen LogP contribution in [0.5, 0.6) is 0 Å². The van der Waals surface area contributed by atoms with E-state index in [1.807, 2.05) is 12.1 Å². The molecular formula is C19H19ClN2O4. The Morgan fingerprint density at radius 1 is 1.12 bits per heavy atom. The van der Waals surface area contributed by atoms with Gasteiger partial charge >= 0.3 is 5.97 Å². The number of pyridine rings is 1. The number of piperidine rings is 1. The van der Waals surface area contributed by atoms with Gasteiger partial charge < -0.3 is 15.1 Å². The molecule has 1 saturated heterocycles. The quantitative estimate of drug-likeness (QED) is 0.858. The summed E-state index contributed by atoms with van der Waals surface area (Å²) in [5, 5.41) is 20.0. The van der Waals surface area contributed by atoms with E-state index >= 15 is 0 Å². The monoisotopic (exact) mass is 374 g/mol. The van der Waals surface area contributed by atoms with Crippen molar-refractivity contribution in [3.8, 4) is 0 Å². The molecule has 6 nitrogen and oxygen atoms in total. The Labute approximate surface area is 156 Å². The summed E-state index contributed by atoms with van der Waals surface area (Å²) in [5.74, 6) is -1.22. The number of benzene rings is 1. The van der Waals surface area contributed by atoms with Gasteiger partial charge in [0.2, 0.25) is 0 Å². The van der Waals surface area contributed by atoms with E-state index in [9.17, 15) is 14.7 Å². The van der Waals surface area contributed by atoms with Crippen LogP contribution in [-0.2, 0) is 0 Å². The molecule has 1 aliphatic heterocycles. The number of amides is 1. The van der Waals surface area contributed by atoms with Crippen LogP contribution in [0.15, 0.2) is 42.6 Å². The third-order valence-electron chi connectivity index (χ3n) is 4.71. The van der Waals surface area contributed by atoms with E-state index in [1.165, 1.54) is 18.3 Å². The number of carboxylic acid groups (broad SMARTS) is 1. The van der Waals surface area contributed by atoms with Gasteiger partial charge in [-0.25, -0.2) is 9.78 Å². The van der Waals surface area contributed by atoms with Gasteiger partial charge in [-0.2, -0.15) is 0 Å². The van der Waals surface area contributed by atoms with Gasteiger partial charge in [-0.1, -0.05) is 23.7 Å². The molecule has 2 heterocycles. The van der Waals surface area contributed by atoms with Crippen LogP contribution in [0.4, 0.5) is 0 Å². The van der Waals surface area contributed by atoms with Gasteiger partial charge in [-0.05, 0) is 48.6 Å². The Bertz CT molecular complexity index is 784. The minimum atomic E-state index is -1.12. The summed E-state index contributed by atoms with van der Waals surface area (Å²) in [7, 11) is 0. The first-order valence-corrected chi connectivity index (χ1v) is 8.75. The lowest BCUT2D eigenvalue weighted by Gasteiger charge is -2.34. The van der Waals surface area contributed by atoms with Crippen LogP contribution in [0.25, 0.3) is 0 Å². The number of carbonyl (C=O) groups excluding carboxylic acids is 1. The van der Waals surface area contributed by atoms with Gasteiger partial charge in [0.25, 0.3) is 5.91 Å². The van der Waals surface area contributed by atoms with Crippen molar-refractivity contribution in [2.75, 3.05) is 13.1 Å². The van der Waals surface area contributed by atoms with E-state index in [2.05, 4.69) is 4.98 Å². The fourth-order valence-corrected chi connectivity index (χ4v) is 3.31. The van der Waals surface area contributed by atoms with Crippen LogP contribution in [0.3, 0.4) is 0 Å². The highest BCUT2D eigenvalue weighted by Gasteiger charge is 2.28. The number of aromatic nitrogens is 1. The van der Waals surface area contributed by atoms with E-state index in [0.29, 0.717) is 36.5 Å². The molecule has 1 amide bonds. The fraction of sp³-hybridized carbons (Fsp3) is 0.316. The Kier molecular flexibility index (Phi) is 5.54. The lowest BCUT2D eigenvalue weighted by atomic mass is 9.87. The first-order valence-electron chi connectivity index (χ1n) is 8.38. The molecule has 136 valence electrons. The predicted molar refractivity (Wildman–Crippen MR) is 96.2 cm³/mol. The molecule has 2 N–H and O–H groups in total. The van der Waals surface area contributed by atoms with Crippen molar-refractivity contribution in [3.05, 3.63) is 64.4 Å². The zero-order valence-corrected chi connectivity index (χ0v) is 14.8. The lowest BCUT2D eigenvalue weighted by molar-refractivity contribution is 0.0461. The number of rotatable bonds is 4. The van der Waals surface area contributed by atoms with Crippen LogP contribution in [-0.4, -0.2) is 45.1 Å². The number of carbonyl (C=O) groups is 2. The van der Waals surface area contributed by atoms with E-state index in [4.69, 9.17) is 16.7 Å². The maximum absolute atomic E-state index is 12.5. The maximum Gasteiger partial charge on any atom is 0.354 e. The molecule has 0 radical (unpaired) electrons. The van der Waals surface area contributed by atoms with Crippen molar-refractivity contribution >= 4 is 23.5 Å². The second-order valence-corrected chi connectivity index (χ2v) is 6.80. The van der Waals surface area contributed by atoms with Gasteiger partial charge in [0.05, 0.1) is 11.7 Å². The number of aliphatic hydroxyl groups is 1. The Morgan fingerprint density at radius 3 is 2.31 bits per heavy atom. The fourth-order valence-electron chi connectivity index (χ4n) is 3.18. The van der Waals surface area contributed by atoms with Gasteiger partial charge in [-0.15, -0.1) is 0 Å². The van der Waals surface area contributed by atoms with Crippen molar-refractivity contribution in [3.63, 3.8) is 0 Å². The van der Waals surface area contributed by atoms with Crippen molar-refractivity contribution in [2.45, 2.75) is 18.9 Å². The number of hydrogen-bond donors (Lipinski definition) is 2. The first kappa shape index (κ1) is 18.4. The van der Waals surface area contributed by atoms with Crippen molar-refractivity contribution in [1.29, 1.82) is 0 Å². The summed E-state index contributed by atoms with van der Waals surface area (Å²) < 4.78 is 0. The smallest absolute Gasteiger partial charge is 0.354 e. The van der Waals surface area contributed by atoms with Gasteiger partial charge in [0.1, 0.15) is 5.69 Å². The molecule has 0 spiro atoms. The van der Waals surface area contributed by atoms with Crippen LogP contribution in [0, 0.1) is 5.92 Å². The summed E-state index contributed by atoms with van der Waals surface area (Å²) in [6.45, 7) is 1.07. The van der Waals surface area contributed by atoms with E-state index in [0.717, 1.165) is 5.56 Å². The summed E-state index contributed by atoms with van der Waals surface area (Å²) in [6.07, 6.45) is 2.09. The minimum Gasteiger partial charge on any atom is -0.477 e. The molecule has 0 aliphatic carbocycles. The van der Waals surface area contributed by atoms with E-state index in [-0.39, 0.29) is 17.5 Å². The average molecular weight is 375 g/mol. The zero-order valence-electron chi connectivity index (χ0n) is 14.0. The number of aromatic carboxylic acids is 1. The standard InChI is InChI=1S/C19H19ClN2O4/c20-15-4-1-12(2-5-15)17(23)13-7-9-22(10-8-13)18(24)14-3-6-16(19(25)26)21-11-14/h1-6,11,13,17,23H,7-10H2,(H,25,26). The van der Waals surface area contributed by atoms with Crippen molar-refractivity contribution < 1.29 is 19.8 Å². The Balaban J connectivity index is 1.59. The first-order chi connectivity index (χ1) is 12.5. The summed E-state index contributed by atoms with van der Waals surface area (Å²) in [6, 6.07) is 9.96. The number of aliphatic hydroxyl groups excluding tert-OH is 1. The normalized spacial score (nSPS) is 16.3. The molecule has 1 fully saturated rings. The third-order valence-corrected chi connectivity index (χ3v) is 4.97. The van der Waals surface area contributed by atoms with Gasteiger partial charge in [-0.3, -0.25) is 4.79 Å². The number of carboxylic acids is 1. The molecule has 2 aromatic rings. The second-order valence-electron chi connectivity index (χ2n) is 6.36. The number of likely N-dealkylation sites (tertiary alicyclic amines) is 1. The molecule has 1 atom stereocenters. The molecule has 1 aromatic heterocycles. The van der Waals surface area contributed by atoms with Crippen molar-refractivity contribution in [1.82, 2.24) is 9.88 Å². The highest BCUT2D eigenvalue weighted by atomic mass is 35.5. The topological polar surface area (TPSA) is 90.7 Å². The molecule has 1 unspecified atom stereocenters. The van der Waals surface area contributed by atoms with E-state index in [1.54, 1.807) is 17.0 Å². The summed E-state index contributed by atoms with van der Waals surface area (Å²) in [4.78, 5) is 28.9. The average Bonchev–Trinajstić information content (AvgIpc) is 2.67. The molecular weight excluding hydrogens is 356 g/mol. The third kappa shape index (κ3) is 4.03. The highest BCUT2D eigenvalue weighted by molar-refractivity contribution is 6.30. The molecule has 26 heavy (non-hydrogen) atoms. The minimum absolute atomic E-state index is 0.0766. The van der Waals surface area contributed by atoms with Gasteiger partial charge in [0.15, 0.2) is 0 Å². The maximum atomic E-state index is 12.5. The largest absolute Gasteiger partial charge is 0.477 e. The molecule has 7 heteroatoms. The Morgan fingerprint density at radius 2 is 1.77 bits per heavy atom. The number of halogens is 1. The van der Waals surface area contributed by atoms with Crippen LogP contribution in [0.2, 0.25) is 5.02 Å².